The van der Waals surface area contributed by atoms with E-state index in [-0.39, 0.29) is 0 Å². The van der Waals surface area contributed by atoms with Crippen LogP contribution >= 0.6 is 0 Å². The highest BCUT2D eigenvalue weighted by Crippen LogP contribution is 2.37. The minimum Gasteiger partial charge on any atom is -0.377 e. The topological polar surface area (TPSA) is 9.23 Å². The SMILES string of the molecule is C=CCOCC1CCC(CCC2CCC(C/C=C/C)CC2)CC1. The molecule has 1 nitrogen and oxygen atoms in total. The van der Waals surface area contributed by atoms with Crippen molar-refractivity contribution >= 4 is 0 Å². The van der Waals surface area contributed by atoms with Crippen molar-refractivity contribution in [3.8, 4) is 0 Å². The number of allylic oxidation sites excluding steroid dienone is 2. The van der Waals surface area contributed by atoms with Gasteiger partial charge in [-0.25, -0.2) is 0 Å². The van der Waals surface area contributed by atoms with Crippen molar-refractivity contribution in [2.24, 2.45) is 23.7 Å². The molecule has 132 valence electrons. The molecule has 2 aliphatic rings. The first-order chi connectivity index (χ1) is 11.3. The fraction of sp³-hybridized carbons (Fsp3) is 0.818. The van der Waals surface area contributed by atoms with Gasteiger partial charge in [0, 0.05) is 6.61 Å². The molecule has 0 amide bonds. The lowest BCUT2D eigenvalue weighted by Gasteiger charge is -2.31. The van der Waals surface area contributed by atoms with Crippen LogP contribution in [0.4, 0.5) is 0 Å². The summed E-state index contributed by atoms with van der Waals surface area (Å²) in [6.07, 6.45) is 22.3. The van der Waals surface area contributed by atoms with E-state index in [0.717, 1.165) is 36.9 Å². The highest BCUT2D eigenvalue weighted by atomic mass is 16.5. The molecule has 0 aliphatic heterocycles. The third kappa shape index (κ3) is 7.25. The molecule has 0 heterocycles. The molecule has 0 saturated heterocycles. The van der Waals surface area contributed by atoms with E-state index in [1.165, 1.54) is 70.6 Å². The van der Waals surface area contributed by atoms with Gasteiger partial charge in [0.25, 0.3) is 0 Å². The van der Waals surface area contributed by atoms with Gasteiger partial charge in [-0.15, -0.1) is 6.58 Å². The average molecular weight is 319 g/mol. The predicted octanol–water partition coefficient (Wildman–Crippen LogP) is 6.55. The maximum atomic E-state index is 5.63. The molecule has 1 heteroatoms. The van der Waals surface area contributed by atoms with Gasteiger partial charge in [-0.05, 0) is 62.7 Å². The number of hydrogen-bond donors (Lipinski definition) is 0. The molecule has 0 spiro atoms. The lowest BCUT2D eigenvalue weighted by Crippen LogP contribution is -2.20. The lowest BCUT2D eigenvalue weighted by atomic mass is 9.75. The minimum atomic E-state index is 0.719. The van der Waals surface area contributed by atoms with Gasteiger partial charge < -0.3 is 4.74 Å². The van der Waals surface area contributed by atoms with E-state index in [1.807, 2.05) is 6.08 Å². The smallest absolute Gasteiger partial charge is 0.0644 e. The summed E-state index contributed by atoms with van der Waals surface area (Å²) in [6.45, 7) is 7.53. The molecule has 0 aromatic carbocycles. The van der Waals surface area contributed by atoms with Gasteiger partial charge in [0.15, 0.2) is 0 Å². The lowest BCUT2D eigenvalue weighted by molar-refractivity contribution is 0.0936. The first-order valence-electron chi connectivity index (χ1n) is 10.1. The molecule has 0 unspecified atom stereocenters. The predicted molar refractivity (Wildman–Crippen MR) is 101 cm³/mol. The molecule has 0 N–H and O–H groups in total. The number of rotatable bonds is 9. The van der Waals surface area contributed by atoms with Crippen LogP contribution < -0.4 is 0 Å². The van der Waals surface area contributed by atoms with Gasteiger partial charge in [0.1, 0.15) is 0 Å². The van der Waals surface area contributed by atoms with Crippen LogP contribution in [0.3, 0.4) is 0 Å². The fourth-order valence-electron chi connectivity index (χ4n) is 4.56. The second-order valence-corrected chi connectivity index (χ2v) is 7.98. The molecule has 0 aromatic heterocycles. The van der Waals surface area contributed by atoms with E-state index in [4.69, 9.17) is 4.74 Å². The molecule has 0 aromatic rings. The van der Waals surface area contributed by atoms with Crippen LogP contribution in [-0.4, -0.2) is 13.2 Å². The van der Waals surface area contributed by atoms with Gasteiger partial charge in [-0.1, -0.05) is 56.8 Å². The third-order valence-electron chi connectivity index (χ3n) is 6.21. The van der Waals surface area contributed by atoms with Crippen LogP contribution in [-0.2, 0) is 4.74 Å². The minimum absolute atomic E-state index is 0.719. The highest BCUT2D eigenvalue weighted by Gasteiger charge is 2.24. The Kier molecular flexibility index (Phi) is 9.04. The van der Waals surface area contributed by atoms with E-state index in [9.17, 15) is 0 Å². The van der Waals surface area contributed by atoms with Crippen molar-refractivity contribution in [2.75, 3.05) is 13.2 Å². The standard InChI is InChI=1S/C22H38O/c1-3-5-6-19-7-9-20(10-8-19)11-12-21-13-15-22(16-14-21)18-23-17-4-2/h3-5,19-22H,2,6-18H2,1H3/b5-3+. The second-order valence-electron chi connectivity index (χ2n) is 7.98. The van der Waals surface area contributed by atoms with Gasteiger partial charge in [0.2, 0.25) is 0 Å². The van der Waals surface area contributed by atoms with Crippen molar-refractivity contribution in [3.05, 3.63) is 24.8 Å². The zero-order valence-corrected chi connectivity index (χ0v) is 15.3. The summed E-state index contributed by atoms with van der Waals surface area (Å²) < 4.78 is 5.63. The third-order valence-corrected chi connectivity index (χ3v) is 6.21. The van der Waals surface area contributed by atoms with Crippen LogP contribution in [0.1, 0.15) is 77.6 Å². The molecular weight excluding hydrogens is 280 g/mol. The largest absolute Gasteiger partial charge is 0.377 e. The second kappa shape index (κ2) is 11.1. The van der Waals surface area contributed by atoms with Crippen LogP contribution in [0.15, 0.2) is 24.8 Å². The van der Waals surface area contributed by atoms with Gasteiger partial charge in [-0.3, -0.25) is 0 Å². The Hall–Kier alpha value is -0.560. The number of ether oxygens (including phenoxy) is 1. The van der Waals surface area contributed by atoms with E-state index in [0.29, 0.717) is 0 Å². The van der Waals surface area contributed by atoms with Crippen LogP contribution in [0.2, 0.25) is 0 Å². The molecule has 2 saturated carbocycles. The van der Waals surface area contributed by atoms with Crippen LogP contribution in [0.25, 0.3) is 0 Å². The Balaban J connectivity index is 1.53. The summed E-state index contributed by atoms with van der Waals surface area (Å²) in [5.41, 5.74) is 0. The molecular formula is C22H38O. The Morgan fingerprint density at radius 2 is 1.35 bits per heavy atom. The Bertz CT molecular complexity index is 330. The maximum Gasteiger partial charge on any atom is 0.0644 e. The highest BCUT2D eigenvalue weighted by molar-refractivity contribution is 4.83. The van der Waals surface area contributed by atoms with E-state index in [1.54, 1.807) is 0 Å². The van der Waals surface area contributed by atoms with Crippen molar-refractivity contribution in [2.45, 2.75) is 77.6 Å². The quantitative estimate of drug-likeness (QED) is 0.346. The van der Waals surface area contributed by atoms with Crippen molar-refractivity contribution < 1.29 is 4.74 Å². The van der Waals surface area contributed by atoms with E-state index < -0.39 is 0 Å². The molecule has 0 radical (unpaired) electrons. The Labute approximate surface area is 144 Å². The number of hydrogen-bond acceptors (Lipinski definition) is 1. The van der Waals surface area contributed by atoms with Crippen LogP contribution in [0, 0.1) is 23.7 Å². The zero-order valence-electron chi connectivity index (χ0n) is 15.3. The fourth-order valence-corrected chi connectivity index (χ4v) is 4.56. The summed E-state index contributed by atoms with van der Waals surface area (Å²) in [6, 6.07) is 0. The first-order valence-corrected chi connectivity index (χ1v) is 10.1. The zero-order chi connectivity index (χ0) is 16.3. The molecule has 2 fully saturated rings. The summed E-state index contributed by atoms with van der Waals surface area (Å²) >= 11 is 0. The summed E-state index contributed by atoms with van der Waals surface area (Å²) in [5, 5.41) is 0. The molecule has 0 atom stereocenters. The monoisotopic (exact) mass is 318 g/mol. The molecule has 0 bridgehead atoms. The first kappa shape index (κ1) is 18.8. The summed E-state index contributed by atoms with van der Waals surface area (Å²) in [5.74, 6) is 3.83. The van der Waals surface area contributed by atoms with E-state index >= 15 is 0 Å². The Morgan fingerprint density at radius 1 is 0.826 bits per heavy atom. The normalized spacial score (nSPS) is 32.2. The Morgan fingerprint density at radius 3 is 1.87 bits per heavy atom. The maximum absolute atomic E-state index is 5.63. The van der Waals surface area contributed by atoms with Gasteiger partial charge in [0.05, 0.1) is 6.61 Å². The molecule has 23 heavy (non-hydrogen) atoms. The summed E-state index contributed by atoms with van der Waals surface area (Å²) in [7, 11) is 0. The summed E-state index contributed by atoms with van der Waals surface area (Å²) in [4.78, 5) is 0. The average Bonchev–Trinajstić information content (AvgIpc) is 2.60. The van der Waals surface area contributed by atoms with Crippen molar-refractivity contribution in [1.29, 1.82) is 0 Å². The van der Waals surface area contributed by atoms with Crippen molar-refractivity contribution in [3.63, 3.8) is 0 Å². The molecule has 2 aliphatic carbocycles. The molecule has 2 rings (SSSR count). The van der Waals surface area contributed by atoms with E-state index in [2.05, 4.69) is 25.7 Å². The van der Waals surface area contributed by atoms with Gasteiger partial charge in [-0.2, -0.15) is 0 Å². The van der Waals surface area contributed by atoms with Crippen molar-refractivity contribution in [1.82, 2.24) is 0 Å². The van der Waals surface area contributed by atoms with Gasteiger partial charge >= 0.3 is 0 Å². The van der Waals surface area contributed by atoms with Crippen LogP contribution in [0.5, 0.6) is 0 Å².